The lowest BCUT2D eigenvalue weighted by molar-refractivity contribution is 0.239. The Balaban J connectivity index is 1.33. The first-order valence-electron chi connectivity index (χ1n) is 9.33. The lowest BCUT2D eigenvalue weighted by Crippen LogP contribution is -2.37. The molecule has 0 bridgehead atoms. The molecule has 0 aliphatic carbocycles. The van der Waals surface area contributed by atoms with Gasteiger partial charge in [-0.3, -0.25) is 15.0 Å². The number of piperidine rings is 1. The minimum absolute atomic E-state index is 0.588. The molecule has 1 fully saturated rings. The third-order valence-electron chi connectivity index (χ3n) is 5.20. The summed E-state index contributed by atoms with van der Waals surface area (Å²) in [7, 11) is 0. The minimum Gasteiger partial charge on any atom is -0.323 e. The van der Waals surface area contributed by atoms with Gasteiger partial charge in [0.2, 0.25) is 0 Å². The van der Waals surface area contributed by atoms with Gasteiger partial charge in [0.05, 0.1) is 29.3 Å². The van der Waals surface area contributed by atoms with E-state index in [-0.39, 0.29) is 0 Å². The van der Waals surface area contributed by atoms with Crippen molar-refractivity contribution in [3.63, 3.8) is 0 Å². The smallest absolute Gasteiger partial charge is 0.0923 e. The molecule has 6 heteroatoms. The van der Waals surface area contributed by atoms with Gasteiger partial charge in [0.1, 0.15) is 0 Å². The lowest BCUT2D eigenvalue weighted by Gasteiger charge is -2.32. The van der Waals surface area contributed by atoms with Crippen LogP contribution in [0.5, 0.6) is 0 Å². The fourth-order valence-corrected chi connectivity index (χ4v) is 3.64. The van der Waals surface area contributed by atoms with Crippen LogP contribution in [0.3, 0.4) is 0 Å². The molecule has 1 aliphatic heterocycles. The summed E-state index contributed by atoms with van der Waals surface area (Å²) in [6.07, 6.45) is 5.90. The number of hydrogen-bond donors (Lipinski definition) is 2. The number of nitrogens with zero attached hydrogens (tertiary/aromatic N) is 4. The fraction of sp³-hybridized carbons (Fsp3) is 0.286. The Hall–Kier alpha value is -2.99. The highest BCUT2D eigenvalue weighted by molar-refractivity contribution is 6.31. The zero-order valence-corrected chi connectivity index (χ0v) is 15.3. The van der Waals surface area contributed by atoms with Gasteiger partial charge in [-0.2, -0.15) is 10.2 Å². The standard InChI is InChI=1S/C21H24N6/c22-25-20(14-23-19-4-2-1-3-5-19)15-27-10-8-16(9-11-27)17-6-7-18-13-24-26-21(18)12-17/h1-7,12-14,16H,8-11,15,22H2,(H,24,26). The zero-order valence-electron chi connectivity index (χ0n) is 15.3. The summed E-state index contributed by atoms with van der Waals surface area (Å²) in [5.74, 6) is 6.16. The largest absolute Gasteiger partial charge is 0.323 e. The van der Waals surface area contributed by atoms with Crippen LogP contribution in [0.2, 0.25) is 0 Å². The summed E-state index contributed by atoms with van der Waals surface area (Å²) in [5.41, 5.74) is 4.22. The van der Waals surface area contributed by atoms with Gasteiger partial charge in [0, 0.05) is 11.9 Å². The third-order valence-corrected chi connectivity index (χ3v) is 5.20. The Morgan fingerprint density at radius 3 is 2.78 bits per heavy atom. The SMILES string of the molecule is NN=C(C=Nc1ccccc1)CN1CCC(c2ccc3cn[nH]c3c2)CC1. The first-order chi connectivity index (χ1) is 13.3. The number of fused-ring (bicyclic) bond motifs is 1. The average molecular weight is 360 g/mol. The van der Waals surface area contributed by atoms with Gasteiger partial charge in [-0.1, -0.05) is 30.3 Å². The van der Waals surface area contributed by atoms with E-state index in [0.29, 0.717) is 5.92 Å². The number of aliphatic imine (C=N–C) groups is 1. The topological polar surface area (TPSA) is 82.7 Å². The van der Waals surface area contributed by atoms with Crippen molar-refractivity contribution < 1.29 is 0 Å². The molecule has 2 aromatic carbocycles. The average Bonchev–Trinajstić information content (AvgIpc) is 3.20. The lowest BCUT2D eigenvalue weighted by atomic mass is 9.89. The van der Waals surface area contributed by atoms with E-state index in [2.05, 4.69) is 43.4 Å². The van der Waals surface area contributed by atoms with Gasteiger partial charge < -0.3 is 5.84 Å². The molecule has 27 heavy (non-hydrogen) atoms. The molecular weight excluding hydrogens is 336 g/mol. The quantitative estimate of drug-likeness (QED) is 0.415. The fourth-order valence-electron chi connectivity index (χ4n) is 3.64. The number of rotatable bonds is 5. The maximum absolute atomic E-state index is 5.58. The Morgan fingerprint density at radius 1 is 1.19 bits per heavy atom. The van der Waals surface area contributed by atoms with Crippen molar-refractivity contribution in [3.8, 4) is 0 Å². The zero-order chi connectivity index (χ0) is 18.5. The highest BCUT2D eigenvalue weighted by Gasteiger charge is 2.21. The summed E-state index contributed by atoms with van der Waals surface area (Å²) in [6.45, 7) is 2.80. The van der Waals surface area contributed by atoms with Gasteiger partial charge in [0.15, 0.2) is 0 Å². The van der Waals surface area contributed by atoms with Crippen molar-refractivity contribution in [1.82, 2.24) is 15.1 Å². The summed E-state index contributed by atoms with van der Waals surface area (Å²) < 4.78 is 0. The second-order valence-corrected chi connectivity index (χ2v) is 6.98. The van der Waals surface area contributed by atoms with Gasteiger partial charge in [-0.15, -0.1) is 0 Å². The normalized spacial score (nSPS) is 17.1. The molecule has 0 radical (unpaired) electrons. The maximum Gasteiger partial charge on any atom is 0.0923 e. The molecular formula is C21H24N6. The first kappa shape index (κ1) is 17.4. The summed E-state index contributed by atoms with van der Waals surface area (Å²) >= 11 is 0. The Morgan fingerprint density at radius 2 is 2.00 bits per heavy atom. The number of hydrogen-bond acceptors (Lipinski definition) is 5. The molecule has 3 aromatic rings. The summed E-state index contributed by atoms with van der Waals surface area (Å²) in [4.78, 5) is 6.85. The highest BCUT2D eigenvalue weighted by Crippen LogP contribution is 2.29. The van der Waals surface area contributed by atoms with E-state index in [1.54, 1.807) is 6.21 Å². The van der Waals surface area contributed by atoms with E-state index in [0.717, 1.165) is 54.8 Å². The van der Waals surface area contributed by atoms with Gasteiger partial charge in [0.25, 0.3) is 0 Å². The molecule has 0 unspecified atom stereocenters. The Bertz CT molecular complexity index is 935. The number of benzene rings is 2. The molecule has 3 N–H and O–H groups in total. The van der Waals surface area contributed by atoms with Gasteiger partial charge >= 0.3 is 0 Å². The minimum atomic E-state index is 0.588. The number of hydrazone groups is 1. The predicted molar refractivity (Wildman–Crippen MR) is 111 cm³/mol. The molecule has 4 rings (SSSR count). The number of para-hydroxylation sites is 1. The van der Waals surface area contributed by atoms with Crippen molar-refractivity contribution in [2.45, 2.75) is 18.8 Å². The highest BCUT2D eigenvalue weighted by atomic mass is 15.2. The van der Waals surface area contributed by atoms with Crippen LogP contribution in [0.25, 0.3) is 10.9 Å². The van der Waals surface area contributed by atoms with Crippen LogP contribution in [0.4, 0.5) is 5.69 Å². The molecule has 138 valence electrons. The molecule has 2 heterocycles. The number of aromatic nitrogens is 2. The van der Waals surface area contributed by atoms with Crippen molar-refractivity contribution >= 4 is 28.5 Å². The number of nitrogens with one attached hydrogen (secondary N) is 1. The van der Waals surface area contributed by atoms with E-state index in [1.165, 1.54) is 5.56 Å². The maximum atomic E-state index is 5.58. The molecule has 0 saturated carbocycles. The monoisotopic (exact) mass is 360 g/mol. The Labute approximate surface area is 158 Å². The van der Waals surface area contributed by atoms with Gasteiger partial charge in [-0.25, -0.2) is 0 Å². The van der Waals surface area contributed by atoms with Crippen molar-refractivity contribution in [2.75, 3.05) is 19.6 Å². The number of aromatic amines is 1. The van der Waals surface area contributed by atoms with E-state index >= 15 is 0 Å². The van der Waals surface area contributed by atoms with Crippen LogP contribution in [0.1, 0.15) is 24.3 Å². The molecule has 1 aromatic heterocycles. The molecule has 0 spiro atoms. The van der Waals surface area contributed by atoms with E-state index in [1.807, 2.05) is 36.5 Å². The molecule has 0 atom stereocenters. The van der Waals surface area contributed by atoms with Crippen molar-refractivity contribution in [1.29, 1.82) is 0 Å². The van der Waals surface area contributed by atoms with Crippen LogP contribution in [0.15, 0.2) is 64.8 Å². The molecule has 1 aliphatic rings. The van der Waals surface area contributed by atoms with Crippen LogP contribution in [-0.2, 0) is 0 Å². The first-order valence-corrected chi connectivity index (χ1v) is 9.33. The Kier molecular flexibility index (Phi) is 5.25. The van der Waals surface area contributed by atoms with Crippen molar-refractivity contribution in [2.24, 2.45) is 15.9 Å². The summed E-state index contributed by atoms with van der Waals surface area (Å²) in [6, 6.07) is 16.5. The number of nitrogens with two attached hydrogens (primary N) is 1. The second-order valence-electron chi connectivity index (χ2n) is 6.98. The molecule has 6 nitrogen and oxygen atoms in total. The van der Waals surface area contributed by atoms with Crippen LogP contribution in [-0.4, -0.2) is 46.7 Å². The molecule has 1 saturated heterocycles. The third kappa shape index (κ3) is 4.23. The van der Waals surface area contributed by atoms with Crippen molar-refractivity contribution in [3.05, 3.63) is 60.3 Å². The van der Waals surface area contributed by atoms with Crippen LogP contribution in [0, 0.1) is 0 Å². The number of likely N-dealkylation sites (tertiary alicyclic amines) is 1. The number of H-pyrrole nitrogens is 1. The van der Waals surface area contributed by atoms with E-state index in [9.17, 15) is 0 Å². The summed E-state index contributed by atoms with van der Waals surface area (Å²) in [5, 5.41) is 12.3. The van der Waals surface area contributed by atoms with E-state index < -0.39 is 0 Å². The van der Waals surface area contributed by atoms with E-state index in [4.69, 9.17) is 5.84 Å². The predicted octanol–water partition coefficient (Wildman–Crippen LogP) is 3.46. The van der Waals surface area contributed by atoms with Crippen LogP contribution >= 0.6 is 0 Å². The second kappa shape index (κ2) is 8.14. The molecule has 0 amide bonds. The van der Waals surface area contributed by atoms with Gasteiger partial charge in [-0.05, 0) is 55.6 Å². The van der Waals surface area contributed by atoms with Crippen LogP contribution < -0.4 is 5.84 Å².